The van der Waals surface area contributed by atoms with Crippen LogP contribution in [0.4, 0.5) is 19.1 Å². The maximum atomic E-state index is 13.0. The van der Waals surface area contributed by atoms with Gasteiger partial charge in [0.2, 0.25) is 5.95 Å². The summed E-state index contributed by atoms with van der Waals surface area (Å²) in [4.78, 5) is 16.0. The molecule has 9 heteroatoms. The van der Waals surface area contributed by atoms with Crippen molar-refractivity contribution in [2.45, 2.75) is 12.7 Å². The summed E-state index contributed by atoms with van der Waals surface area (Å²) in [5.74, 6) is 0.634. The van der Waals surface area contributed by atoms with Crippen LogP contribution in [0, 0.1) is 0 Å². The average molecular weight is 402 g/mol. The van der Waals surface area contributed by atoms with Crippen LogP contribution in [-0.4, -0.2) is 46.0 Å². The average Bonchev–Trinajstić information content (AvgIpc) is 2.56. The van der Waals surface area contributed by atoms with Gasteiger partial charge in [0.1, 0.15) is 5.69 Å². The highest BCUT2D eigenvalue weighted by atomic mass is 79.9. The van der Waals surface area contributed by atoms with E-state index in [1.54, 1.807) is 12.4 Å². The van der Waals surface area contributed by atoms with Crippen LogP contribution in [0.1, 0.15) is 11.3 Å². The lowest BCUT2D eigenvalue weighted by atomic mass is 10.1. The first-order valence-electron chi connectivity index (χ1n) is 7.39. The smallest absolute Gasteiger partial charge is 0.338 e. The molecule has 3 rings (SSSR count). The van der Waals surface area contributed by atoms with Crippen molar-refractivity contribution < 1.29 is 13.2 Å². The molecule has 128 valence electrons. The van der Waals surface area contributed by atoms with Gasteiger partial charge >= 0.3 is 6.18 Å². The molecule has 1 aliphatic rings. The van der Waals surface area contributed by atoms with Gasteiger partial charge in [0.15, 0.2) is 0 Å². The molecule has 1 aliphatic heterocycles. The Hall–Kier alpha value is -1.74. The van der Waals surface area contributed by atoms with Crippen LogP contribution < -0.4 is 4.90 Å². The van der Waals surface area contributed by atoms with Gasteiger partial charge in [-0.25, -0.2) is 9.97 Å². The van der Waals surface area contributed by atoms with Gasteiger partial charge in [-0.3, -0.25) is 9.88 Å². The third-order valence-electron chi connectivity index (χ3n) is 3.82. The molecule has 0 N–H and O–H groups in total. The van der Waals surface area contributed by atoms with Crippen molar-refractivity contribution in [1.29, 1.82) is 0 Å². The maximum Gasteiger partial charge on any atom is 0.433 e. The van der Waals surface area contributed by atoms with Gasteiger partial charge in [0.05, 0.1) is 4.47 Å². The Morgan fingerprint density at radius 1 is 1.04 bits per heavy atom. The second-order valence-electron chi connectivity index (χ2n) is 5.47. The lowest BCUT2D eigenvalue weighted by Crippen LogP contribution is -2.46. The number of piperazine rings is 1. The van der Waals surface area contributed by atoms with Crippen molar-refractivity contribution in [3.63, 3.8) is 0 Å². The molecule has 0 atom stereocenters. The van der Waals surface area contributed by atoms with E-state index in [0.29, 0.717) is 32.1 Å². The molecular weight excluding hydrogens is 387 g/mol. The standard InChI is InChI=1S/C15H15BrF3N5/c16-12-8-21-14(22-9-12)24-6-4-23(5-7-24)10-11-2-1-3-20-13(11)15(17,18)19/h1-3,8-9H,4-7,10H2. The first kappa shape index (κ1) is 17.1. The molecule has 0 spiro atoms. The molecule has 2 aromatic heterocycles. The third kappa shape index (κ3) is 4.02. The van der Waals surface area contributed by atoms with E-state index in [4.69, 9.17) is 0 Å². The van der Waals surface area contributed by atoms with E-state index >= 15 is 0 Å². The van der Waals surface area contributed by atoms with Crippen LogP contribution >= 0.6 is 15.9 Å². The van der Waals surface area contributed by atoms with Crippen LogP contribution in [-0.2, 0) is 12.7 Å². The van der Waals surface area contributed by atoms with Gasteiger partial charge in [0, 0.05) is 51.3 Å². The van der Waals surface area contributed by atoms with Gasteiger partial charge < -0.3 is 4.90 Å². The van der Waals surface area contributed by atoms with E-state index in [-0.39, 0.29) is 12.1 Å². The van der Waals surface area contributed by atoms with E-state index in [1.165, 1.54) is 18.3 Å². The van der Waals surface area contributed by atoms with E-state index in [2.05, 4.69) is 30.9 Å². The molecule has 0 radical (unpaired) electrons. The van der Waals surface area contributed by atoms with Crippen molar-refractivity contribution in [3.05, 3.63) is 46.5 Å². The minimum absolute atomic E-state index is 0.207. The van der Waals surface area contributed by atoms with Crippen molar-refractivity contribution in [1.82, 2.24) is 19.9 Å². The first-order valence-corrected chi connectivity index (χ1v) is 8.19. The molecule has 0 amide bonds. The van der Waals surface area contributed by atoms with E-state index < -0.39 is 11.9 Å². The number of nitrogens with zero attached hydrogens (tertiary/aromatic N) is 5. The van der Waals surface area contributed by atoms with Crippen molar-refractivity contribution in [2.24, 2.45) is 0 Å². The highest BCUT2D eigenvalue weighted by Crippen LogP contribution is 2.30. The molecule has 0 aliphatic carbocycles. The molecule has 0 saturated carbocycles. The summed E-state index contributed by atoms with van der Waals surface area (Å²) >= 11 is 3.29. The van der Waals surface area contributed by atoms with Crippen LogP contribution in [0.3, 0.4) is 0 Å². The van der Waals surface area contributed by atoms with Crippen LogP contribution in [0.15, 0.2) is 35.2 Å². The van der Waals surface area contributed by atoms with Crippen LogP contribution in [0.5, 0.6) is 0 Å². The van der Waals surface area contributed by atoms with Crippen molar-refractivity contribution >= 4 is 21.9 Å². The second kappa shape index (κ2) is 7.02. The van der Waals surface area contributed by atoms with Crippen molar-refractivity contribution in [2.75, 3.05) is 31.1 Å². The molecule has 0 unspecified atom stereocenters. The Bertz CT molecular complexity index is 684. The van der Waals surface area contributed by atoms with Gasteiger partial charge in [-0.05, 0) is 27.6 Å². The topological polar surface area (TPSA) is 45.2 Å². The summed E-state index contributed by atoms with van der Waals surface area (Å²) in [5, 5.41) is 0. The lowest BCUT2D eigenvalue weighted by Gasteiger charge is -2.34. The quantitative estimate of drug-likeness (QED) is 0.790. The fourth-order valence-corrected chi connectivity index (χ4v) is 2.84. The Morgan fingerprint density at radius 3 is 2.33 bits per heavy atom. The Labute approximate surface area is 145 Å². The lowest BCUT2D eigenvalue weighted by molar-refractivity contribution is -0.142. The molecule has 1 fully saturated rings. The van der Waals surface area contributed by atoms with E-state index in [0.717, 1.165) is 4.47 Å². The molecule has 1 saturated heterocycles. The summed E-state index contributed by atoms with van der Waals surface area (Å²) in [6.07, 6.45) is 0.110. The molecule has 24 heavy (non-hydrogen) atoms. The Morgan fingerprint density at radius 2 is 1.71 bits per heavy atom. The summed E-state index contributed by atoms with van der Waals surface area (Å²) in [7, 11) is 0. The van der Waals surface area contributed by atoms with Gasteiger partial charge in [-0.1, -0.05) is 6.07 Å². The molecule has 0 aromatic carbocycles. The summed E-state index contributed by atoms with van der Waals surface area (Å²) < 4.78 is 39.8. The van der Waals surface area contributed by atoms with Crippen LogP contribution in [0.25, 0.3) is 0 Å². The fourth-order valence-electron chi connectivity index (χ4n) is 2.64. The van der Waals surface area contributed by atoms with Gasteiger partial charge in [-0.2, -0.15) is 13.2 Å². The molecule has 5 nitrogen and oxygen atoms in total. The number of hydrogen-bond donors (Lipinski definition) is 0. The Balaban J connectivity index is 1.63. The maximum absolute atomic E-state index is 13.0. The van der Waals surface area contributed by atoms with E-state index in [9.17, 15) is 13.2 Å². The second-order valence-corrected chi connectivity index (χ2v) is 6.39. The minimum atomic E-state index is -4.43. The minimum Gasteiger partial charge on any atom is -0.338 e. The molecule has 0 bridgehead atoms. The SMILES string of the molecule is FC(F)(F)c1ncccc1CN1CCN(c2ncc(Br)cn2)CC1. The predicted octanol–water partition coefficient (Wildman–Crippen LogP) is 2.98. The number of hydrogen-bond acceptors (Lipinski definition) is 5. The largest absolute Gasteiger partial charge is 0.433 e. The highest BCUT2D eigenvalue weighted by Gasteiger charge is 2.35. The number of halogens is 4. The first-order chi connectivity index (χ1) is 11.4. The molecule has 3 heterocycles. The zero-order valence-corrected chi connectivity index (χ0v) is 14.3. The molecule has 2 aromatic rings. The summed E-state index contributed by atoms with van der Waals surface area (Å²) in [5.41, 5.74) is -0.595. The third-order valence-corrected chi connectivity index (χ3v) is 4.23. The number of alkyl halides is 3. The summed E-state index contributed by atoms with van der Waals surface area (Å²) in [6.45, 7) is 2.86. The van der Waals surface area contributed by atoms with E-state index in [1.807, 2.05) is 9.80 Å². The number of anilines is 1. The number of rotatable bonds is 3. The number of pyridine rings is 1. The zero-order chi connectivity index (χ0) is 17.2. The number of aromatic nitrogens is 3. The van der Waals surface area contributed by atoms with Gasteiger partial charge in [0.25, 0.3) is 0 Å². The van der Waals surface area contributed by atoms with Gasteiger partial charge in [-0.15, -0.1) is 0 Å². The molecular formula is C15H15BrF3N5. The van der Waals surface area contributed by atoms with Crippen LogP contribution in [0.2, 0.25) is 0 Å². The highest BCUT2D eigenvalue weighted by molar-refractivity contribution is 9.10. The fraction of sp³-hybridized carbons (Fsp3) is 0.400. The Kier molecular flexibility index (Phi) is 5.00. The van der Waals surface area contributed by atoms with Crippen molar-refractivity contribution in [3.8, 4) is 0 Å². The summed E-state index contributed by atoms with van der Waals surface area (Å²) in [6, 6.07) is 3.02. The predicted molar refractivity (Wildman–Crippen MR) is 86.5 cm³/mol. The monoisotopic (exact) mass is 401 g/mol. The normalized spacial score (nSPS) is 16.4. The zero-order valence-electron chi connectivity index (χ0n) is 12.7.